The van der Waals surface area contributed by atoms with Crippen molar-refractivity contribution in [2.24, 2.45) is 5.41 Å². The molecule has 3 rings (SSSR count). The van der Waals surface area contributed by atoms with Crippen molar-refractivity contribution in [3.05, 3.63) is 63.8 Å². The standard InChI is InChI=1S/C23H24Cl2N4O2/c1-13-11-26-20-14(19(13)29-22(31)27-12-23(2,3)4)7-5-10-17(20)28-21(30)18-15(24)8-6-9-16(18)25/h5-11H,12H2,1-4H3,(H,28,30)(H2,26,27,29,31). The number of aryl methyl sites for hydroxylation is 1. The number of rotatable bonds is 4. The van der Waals surface area contributed by atoms with Crippen LogP contribution in [0, 0.1) is 12.3 Å². The molecule has 3 N–H and O–H groups in total. The SMILES string of the molecule is Cc1cnc2c(NC(=O)c3c(Cl)cccc3Cl)cccc2c1NC(=O)NCC(C)(C)C. The fraction of sp³-hybridized carbons (Fsp3) is 0.261. The molecule has 6 nitrogen and oxygen atoms in total. The summed E-state index contributed by atoms with van der Waals surface area (Å²) in [5.74, 6) is -0.442. The summed E-state index contributed by atoms with van der Waals surface area (Å²) in [6, 6.07) is 9.93. The quantitative estimate of drug-likeness (QED) is 0.430. The van der Waals surface area contributed by atoms with Crippen LogP contribution in [0.4, 0.5) is 16.2 Å². The van der Waals surface area contributed by atoms with Gasteiger partial charge in [-0.1, -0.05) is 62.2 Å². The van der Waals surface area contributed by atoms with Crippen molar-refractivity contribution in [2.75, 3.05) is 17.2 Å². The molecule has 3 amide bonds. The van der Waals surface area contributed by atoms with Gasteiger partial charge in [0.25, 0.3) is 5.91 Å². The number of hydrogen-bond donors (Lipinski definition) is 3. The van der Waals surface area contributed by atoms with E-state index < -0.39 is 5.91 Å². The number of carbonyl (C=O) groups excluding carboxylic acids is 2. The minimum absolute atomic E-state index is 0.0376. The normalized spacial score (nSPS) is 11.3. The Bertz CT molecular complexity index is 1140. The summed E-state index contributed by atoms with van der Waals surface area (Å²) in [6.45, 7) is 8.52. The highest BCUT2D eigenvalue weighted by Gasteiger charge is 2.18. The largest absolute Gasteiger partial charge is 0.337 e. The van der Waals surface area contributed by atoms with Gasteiger partial charge in [-0.15, -0.1) is 0 Å². The number of aromatic nitrogens is 1. The summed E-state index contributed by atoms with van der Waals surface area (Å²) in [4.78, 5) is 29.7. The molecule has 0 fully saturated rings. The zero-order valence-electron chi connectivity index (χ0n) is 17.8. The molecule has 0 aliphatic heterocycles. The van der Waals surface area contributed by atoms with Gasteiger partial charge in [-0.25, -0.2) is 4.79 Å². The molecule has 0 saturated heterocycles. The molecule has 1 aromatic heterocycles. The van der Waals surface area contributed by atoms with Crippen molar-refractivity contribution in [1.82, 2.24) is 10.3 Å². The summed E-state index contributed by atoms with van der Waals surface area (Å²) >= 11 is 12.3. The lowest BCUT2D eigenvalue weighted by Crippen LogP contribution is -2.35. The van der Waals surface area contributed by atoms with Gasteiger partial charge < -0.3 is 16.0 Å². The molecule has 3 aromatic rings. The van der Waals surface area contributed by atoms with Crippen LogP contribution < -0.4 is 16.0 Å². The van der Waals surface area contributed by atoms with Crippen LogP contribution in [0.2, 0.25) is 10.0 Å². The molecule has 8 heteroatoms. The minimum atomic E-state index is -0.442. The molecule has 2 aromatic carbocycles. The molecule has 1 heterocycles. The summed E-state index contributed by atoms with van der Waals surface area (Å²) < 4.78 is 0. The van der Waals surface area contributed by atoms with E-state index in [0.29, 0.717) is 28.8 Å². The van der Waals surface area contributed by atoms with Gasteiger partial charge in [-0.05, 0) is 36.1 Å². The minimum Gasteiger partial charge on any atom is -0.337 e. The summed E-state index contributed by atoms with van der Waals surface area (Å²) in [7, 11) is 0. The van der Waals surface area contributed by atoms with Crippen molar-refractivity contribution in [1.29, 1.82) is 0 Å². The number of hydrogen-bond acceptors (Lipinski definition) is 3. The van der Waals surface area contributed by atoms with E-state index in [4.69, 9.17) is 23.2 Å². The van der Waals surface area contributed by atoms with Crippen molar-refractivity contribution >= 4 is 57.4 Å². The van der Waals surface area contributed by atoms with Gasteiger partial charge in [0.05, 0.1) is 32.5 Å². The highest BCUT2D eigenvalue weighted by atomic mass is 35.5. The number of anilines is 2. The first-order valence-electron chi connectivity index (χ1n) is 9.75. The third kappa shape index (κ3) is 5.46. The Balaban J connectivity index is 1.93. The summed E-state index contributed by atoms with van der Waals surface area (Å²) in [6.07, 6.45) is 1.65. The number of nitrogens with zero attached hydrogens (tertiary/aromatic N) is 1. The molecule has 0 aliphatic carbocycles. The van der Waals surface area contributed by atoms with E-state index >= 15 is 0 Å². The van der Waals surface area contributed by atoms with Crippen molar-refractivity contribution in [2.45, 2.75) is 27.7 Å². The number of halogens is 2. The number of carbonyl (C=O) groups is 2. The Morgan fingerprint density at radius 1 is 1.00 bits per heavy atom. The van der Waals surface area contributed by atoms with Crippen molar-refractivity contribution in [3.8, 4) is 0 Å². The Hall–Kier alpha value is -2.83. The lowest BCUT2D eigenvalue weighted by Gasteiger charge is -2.20. The van der Waals surface area contributed by atoms with Crippen LogP contribution in [0.3, 0.4) is 0 Å². The fourth-order valence-corrected chi connectivity index (χ4v) is 3.56. The van der Waals surface area contributed by atoms with Gasteiger partial charge in [-0.3, -0.25) is 9.78 Å². The number of pyridine rings is 1. The molecular formula is C23H24Cl2N4O2. The maximum Gasteiger partial charge on any atom is 0.319 e. The highest BCUT2D eigenvalue weighted by molar-refractivity contribution is 6.40. The van der Waals surface area contributed by atoms with Crippen LogP contribution in [0.15, 0.2) is 42.6 Å². The first-order chi connectivity index (χ1) is 14.6. The predicted molar refractivity (Wildman–Crippen MR) is 127 cm³/mol. The van der Waals surface area contributed by atoms with E-state index in [9.17, 15) is 9.59 Å². The second kappa shape index (κ2) is 9.12. The van der Waals surface area contributed by atoms with Crippen LogP contribution in [0.5, 0.6) is 0 Å². The molecule has 162 valence electrons. The molecule has 0 radical (unpaired) electrons. The van der Waals surface area contributed by atoms with Gasteiger partial charge in [0, 0.05) is 18.1 Å². The van der Waals surface area contributed by atoms with Gasteiger partial charge >= 0.3 is 6.03 Å². The third-order valence-electron chi connectivity index (χ3n) is 4.54. The van der Waals surface area contributed by atoms with E-state index in [1.807, 2.05) is 33.8 Å². The molecular weight excluding hydrogens is 435 g/mol. The van der Waals surface area contributed by atoms with Crippen molar-refractivity contribution < 1.29 is 9.59 Å². The zero-order chi connectivity index (χ0) is 22.8. The molecule has 0 unspecified atom stereocenters. The van der Waals surface area contributed by atoms with Crippen LogP contribution in [0.1, 0.15) is 36.7 Å². The molecule has 31 heavy (non-hydrogen) atoms. The topological polar surface area (TPSA) is 83.1 Å². The van der Waals surface area contributed by atoms with E-state index in [1.165, 1.54) is 0 Å². The summed E-state index contributed by atoms with van der Waals surface area (Å²) in [5, 5.41) is 9.83. The Morgan fingerprint density at radius 2 is 1.65 bits per heavy atom. The number of benzene rings is 2. The Labute approximate surface area is 191 Å². The molecule has 0 atom stereocenters. The van der Waals surface area contributed by atoms with E-state index in [0.717, 1.165) is 5.56 Å². The molecule has 0 aliphatic rings. The van der Waals surface area contributed by atoms with Gasteiger partial charge in [0.2, 0.25) is 0 Å². The highest BCUT2D eigenvalue weighted by Crippen LogP contribution is 2.31. The van der Waals surface area contributed by atoms with Gasteiger partial charge in [0.1, 0.15) is 0 Å². The van der Waals surface area contributed by atoms with Crippen LogP contribution in [-0.4, -0.2) is 23.5 Å². The third-order valence-corrected chi connectivity index (χ3v) is 5.17. The molecule has 0 saturated carbocycles. The van der Waals surface area contributed by atoms with Crippen molar-refractivity contribution in [3.63, 3.8) is 0 Å². The second-order valence-electron chi connectivity index (χ2n) is 8.44. The second-order valence-corrected chi connectivity index (χ2v) is 9.25. The molecule has 0 bridgehead atoms. The number of urea groups is 1. The average molecular weight is 459 g/mol. The number of fused-ring (bicyclic) bond motifs is 1. The molecule has 0 spiro atoms. The lowest BCUT2D eigenvalue weighted by molar-refractivity contribution is 0.102. The Kier molecular flexibility index (Phi) is 6.72. The monoisotopic (exact) mass is 458 g/mol. The zero-order valence-corrected chi connectivity index (χ0v) is 19.3. The van der Waals surface area contributed by atoms with E-state index in [2.05, 4.69) is 20.9 Å². The van der Waals surface area contributed by atoms with Crippen LogP contribution in [0.25, 0.3) is 10.9 Å². The number of amides is 3. The first kappa shape index (κ1) is 22.8. The lowest BCUT2D eigenvalue weighted by atomic mass is 9.97. The Morgan fingerprint density at radius 3 is 2.29 bits per heavy atom. The maximum absolute atomic E-state index is 12.8. The number of nitrogens with one attached hydrogen (secondary N) is 3. The smallest absolute Gasteiger partial charge is 0.319 e. The fourth-order valence-electron chi connectivity index (χ4n) is 2.99. The van der Waals surface area contributed by atoms with E-state index in [-0.39, 0.29) is 27.1 Å². The van der Waals surface area contributed by atoms with E-state index in [1.54, 1.807) is 36.5 Å². The van der Waals surface area contributed by atoms with Gasteiger partial charge in [0.15, 0.2) is 0 Å². The first-order valence-corrected chi connectivity index (χ1v) is 10.5. The van der Waals surface area contributed by atoms with Crippen LogP contribution >= 0.6 is 23.2 Å². The van der Waals surface area contributed by atoms with Gasteiger partial charge in [-0.2, -0.15) is 0 Å². The summed E-state index contributed by atoms with van der Waals surface area (Å²) in [5.41, 5.74) is 2.60. The maximum atomic E-state index is 12.8. The van der Waals surface area contributed by atoms with Crippen LogP contribution in [-0.2, 0) is 0 Å². The number of para-hydroxylation sites is 1. The predicted octanol–water partition coefficient (Wildman–Crippen LogP) is 6.27. The average Bonchev–Trinajstić information content (AvgIpc) is 2.68.